The molecule has 3 rings (SSSR count). The third-order valence-electron chi connectivity index (χ3n) is 3.61. The van der Waals surface area contributed by atoms with E-state index in [9.17, 15) is 0 Å². The van der Waals surface area contributed by atoms with Crippen LogP contribution in [0.3, 0.4) is 0 Å². The first-order valence-electron chi connectivity index (χ1n) is 7.08. The number of halogens is 2. The number of hydrogen-bond acceptors (Lipinski definition) is 3. The Morgan fingerprint density at radius 3 is 2.67 bits per heavy atom. The highest BCUT2D eigenvalue weighted by atomic mass is 35.5. The average Bonchev–Trinajstić information content (AvgIpc) is 3.30. The number of benzene rings is 1. The van der Waals surface area contributed by atoms with Gasteiger partial charge in [0, 0.05) is 16.5 Å². The van der Waals surface area contributed by atoms with Crippen molar-refractivity contribution in [3.8, 4) is 11.6 Å². The van der Waals surface area contributed by atoms with Crippen molar-refractivity contribution in [2.75, 3.05) is 0 Å². The largest absolute Gasteiger partial charge is 0.439 e. The monoisotopic (exact) mass is 322 g/mol. The van der Waals surface area contributed by atoms with E-state index in [2.05, 4.69) is 16.9 Å². The fourth-order valence-electron chi connectivity index (χ4n) is 2.11. The quantitative estimate of drug-likeness (QED) is 0.714. The van der Waals surface area contributed by atoms with Crippen LogP contribution in [0.5, 0.6) is 11.6 Å². The summed E-state index contributed by atoms with van der Waals surface area (Å²) in [5.41, 5.74) is 1.81. The van der Waals surface area contributed by atoms with Gasteiger partial charge >= 0.3 is 0 Å². The van der Waals surface area contributed by atoms with Gasteiger partial charge in [0.25, 0.3) is 0 Å². The third-order valence-corrected chi connectivity index (χ3v) is 4.35. The Morgan fingerprint density at radius 1 is 1.24 bits per heavy atom. The Hall–Kier alpha value is -1.32. The zero-order valence-corrected chi connectivity index (χ0v) is 13.5. The van der Waals surface area contributed by atoms with E-state index in [0.29, 0.717) is 17.0 Å². The number of aryl methyl sites for hydroxylation is 1. The molecule has 2 aromatic rings. The Bertz CT molecular complexity index is 684. The third kappa shape index (κ3) is 3.14. The van der Waals surface area contributed by atoms with E-state index in [-0.39, 0.29) is 0 Å². The molecule has 1 aliphatic rings. The van der Waals surface area contributed by atoms with Gasteiger partial charge in [-0.15, -0.1) is 0 Å². The van der Waals surface area contributed by atoms with Crippen LogP contribution < -0.4 is 4.74 Å². The maximum atomic E-state index is 6.19. The molecular formula is C16H16Cl2N2O. The molecule has 21 heavy (non-hydrogen) atoms. The summed E-state index contributed by atoms with van der Waals surface area (Å²) in [6.07, 6.45) is 3.10. The molecule has 110 valence electrons. The Morgan fingerprint density at radius 2 is 2.00 bits per heavy atom. The summed E-state index contributed by atoms with van der Waals surface area (Å²) in [6.45, 7) is 3.92. The molecule has 1 aromatic carbocycles. The van der Waals surface area contributed by atoms with Crippen LogP contribution in [0.2, 0.25) is 10.2 Å². The molecule has 0 atom stereocenters. The second-order valence-corrected chi connectivity index (χ2v) is 6.05. The molecule has 0 amide bonds. The van der Waals surface area contributed by atoms with Crippen LogP contribution in [0.15, 0.2) is 18.2 Å². The molecule has 0 N–H and O–H groups in total. The van der Waals surface area contributed by atoms with Crippen LogP contribution in [0, 0.1) is 6.92 Å². The van der Waals surface area contributed by atoms with Gasteiger partial charge in [0.2, 0.25) is 5.88 Å². The highest BCUT2D eigenvalue weighted by Crippen LogP contribution is 2.40. The topological polar surface area (TPSA) is 35.0 Å². The maximum Gasteiger partial charge on any atom is 0.226 e. The fourth-order valence-corrected chi connectivity index (χ4v) is 2.52. The second-order valence-electron chi connectivity index (χ2n) is 5.29. The summed E-state index contributed by atoms with van der Waals surface area (Å²) in [5, 5.41) is 1.22. The van der Waals surface area contributed by atoms with Gasteiger partial charge in [-0.2, -0.15) is 4.98 Å². The van der Waals surface area contributed by atoms with Gasteiger partial charge in [0.05, 0.1) is 0 Å². The number of nitrogens with zero attached hydrogens (tertiary/aromatic N) is 2. The van der Waals surface area contributed by atoms with Crippen LogP contribution in [0.1, 0.15) is 42.6 Å². The minimum Gasteiger partial charge on any atom is -0.439 e. The molecule has 3 nitrogen and oxygen atoms in total. The summed E-state index contributed by atoms with van der Waals surface area (Å²) in [5.74, 6) is 2.46. The molecule has 5 heteroatoms. The van der Waals surface area contributed by atoms with Gasteiger partial charge in [0.15, 0.2) is 0 Å². The number of aromatic nitrogens is 2. The van der Waals surface area contributed by atoms with E-state index in [0.717, 1.165) is 47.0 Å². The molecule has 1 saturated carbocycles. The van der Waals surface area contributed by atoms with E-state index in [1.54, 1.807) is 0 Å². The summed E-state index contributed by atoms with van der Waals surface area (Å²) in [4.78, 5) is 8.86. The van der Waals surface area contributed by atoms with E-state index >= 15 is 0 Å². The van der Waals surface area contributed by atoms with Crippen molar-refractivity contribution in [1.82, 2.24) is 9.97 Å². The molecule has 1 fully saturated rings. The standard InChI is InChI=1S/C16H16Cl2N2O/c1-3-10-8-12(6-7-13(10)17)21-16-9(2)14(18)19-15(20-16)11-4-5-11/h6-8,11H,3-5H2,1-2H3. The van der Waals surface area contributed by atoms with E-state index in [1.807, 2.05) is 25.1 Å². The van der Waals surface area contributed by atoms with Crippen LogP contribution in [-0.2, 0) is 6.42 Å². The lowest BCUT2D eigenvalue weighted by Gasteiger charge is -2.11. The molecule has 0 bridgehead atoms. The molecular weight excluding hydrogens is 307 g/mol. The molecule has 0 spiro atoms. The lowest BCUT2D eigenvalue weighted by Crippen LogP contribution is -2.00. The van der Waals surface area contributed by atoms with E-state index < -0.39 is 0 Å². The smallest absolute Gasteiger partial charge is 0.226 e. The number of hydrogen-bond donors (Lipinski definition) is 0. The van der Waals surface area contributed by atoms with Gasteiger partial charge in [-0.3, -0.25) is 0 Å². The van der Waals surface area contributed by atoms with Crippen LogP contribution >= 0.6 is 23.2 Å². The summed E-state index contributed by atoms with van der Waals surface area (Å²) < 4.78 is 5.91. The van der Waals surface area contributed by atoms with Gasteiger partial charge in [0.1, 0.15) is 16.7 Å². The molecule has 1 aliphatic carbocycles. The lowest BCUT2D eigenvalue weighted by molar-refractivity contribution is 0.454. The van der Waals surface area contributed by atoms with Crippen LogP contribution in [0.25, 0.3) is 0 Å². The minimum atomic E-state index is 0.432. The summed E-state index contributed by atoms with van der Waals surface area (Å²) >= 11 is 12.3. The van der Waals surface area contributed by atoms with Gasteiger partial charge < -0.3 is 4.74 Å². The van der Waals surface area contributed by atoms with Crippen molar-refractivity contribution in [1.29, 1.82) is 0 Å². The number of rotatable bonds is 4. The van der Waals surface area contributed by atoms with Crippen LogP contribution in [0.4, 0.5) is 0 Å². The van der Waals surface area contributed by atoms with Crippen molar-refractivity contribution < 1.29 is 4.74 Å². The lowest BCUT2D eigenvalue weighted by atomic mass is 10.1. The Balaban J connectivity index is 1.93. The zero-order chi connectivity index (χ0) is 15.0. The van der Waals surface area contributed by atoms with Crippen molar-refractivity contribution in [3.05, 3.63) is 45.3 Å². The molecule has 1 heterocycles. The van der Waals surface area contributed by atoms with Gasteiger partial charge in [-0.05, 0) is 49.9 Å². The first-order chi connectivity index (χ1) is 10.1. The van der Waals surface area contributed by atoms with Crippen molar-refractivity contribution >= 4 is 23.2 Å². The fraction of sp³-hybridized carbons (Fsp3) is 0.375. The molecule has 0 aliphatic heterocycles. The van der Waals surface area contributed by atoms with Gasteiger partial charge in [-0.25, -0.2) is 4.98 Å². The molecule has 1 aromatic heterocycles. The van der Waals surface area contributed by atoms with Crippen molar-refractivity contribution in [2.45, 2.75) is 39.0 Å². The molecule has 0 radical (unpaired) electrons. The van der Waals surface area contributed by atoms with Gasteiger partial charge in [-0.1, -0.05) is 30.1 Å². The predicted octanol–water partition coefficient (Wildman–Crippen LogP) is 5.32. The molecule has 0 unspecified atom stereocenters. The predicted molar refractivity (Wildman–Crippen MR) is 84.7 cm³/mol. The first kappa shape index (κ1) is 14.6. The normalized spacial score (nSPS) is 14.3. The number of ether oxygens (including phenoxy) is 1. The maximum absolute atomic E-state index is 6.19. The van der Waals surface area contributed by atoms with E-state index in [4.69, 9.17) is 27.9 Å². The second kappa shape index (κ2) is 5.82. The van der Waals surface area contributed by atoms with Crippen LogP contribution in [-0.4, -0.2) is 9.97 Å². The molecule has 0 saturated heterocycles. The average molecular weight is 323 g/mol. The van der Waals surface area contributed by atoms with Crippen molar-refractivity contribution in [2.24, 2.45) is 0 Å². The van der Waals surface area contributed by atoms with Crippen molar-refractivity contribution in [3.63, 3.8) is 0 Å². The zero-order valence-electron chi connectivity index (χ0n) is 12.0. The Labute approximate surface area is 134 Å². The Kier molecular flexibility index (Phi) is 4.05. The SMILES string of the molecule is CCc1cc(Oc2nc(C3CC3)nc(Cl)c2C)ccc1Cl. The highest BCUT2D eigenvalue weighted by Gasteiger charge is 2.28. The van der Waals surface area contributed by atoms with E-state index in [1.165, 1.54) is 0 Å². The summed E-state index contributed by atoms with van der Waals surface area (Å²) in [7, 11) is 0. The highest BCUT2D eigenvalue weighted by molar-refractivity contribution is 6.31. The first-order valence-corrected chi connectivity index (χ1v) is 7.84. The minimum absolute atomic E-state index is 0.432. The summed E-state index contributed by atoms with van der Waals surface area (Å²) in [6, 6.07) is 5.62.